The predicted molar refractivity (Wildman–Crippen MR) is 83.2 cm³/mol. The van der Waals surface area contributed by atoms with E-state index in [1.165, 1.54) is 12.1 Å². The molecular formula is C17H16ClF2NO. The Morgan fingerprint density at radius 2 is 1.86 bits per heavy atom. The van der Waals surface area contributed by atoms with E-state index in [9.17, 15) is 13.6 Å². The van der Waals surface area contributed by atoms with E-state index >= 15 is 0 Å². The first-order valence-corrected chi connectivity index (χ1v) is 7.17. The molecule has 0 unspecified atom stereocenters. The first kappa shape index (κ1) is 16.4. The van der Waals surface area contributed by atoms with Gasteiger partial charge in [-0.2, -0.15) is 0 Å². The Kier molecular flexibility index (Phi) is 4.81. The number of halogens is 3. The van der Waals surface area contributed by atoms with Crippen molar-refractivity contribution in [2.24, 2.45) is 0 Å². The van der Waals surface area contributed by atoms with Gasteiger partial charge in [-0.05, 0) is 29.8 Å². The monoisotopic (exact) mass is 323 g/mol. The first-order chi connectivity index (χ1) is 10.3. The molecule has 0 radical (unpaired) electrons. The Hall–Kier alpha value is -1.94. The van der Waals surface area contributed by atoms with Gasteiger partial charge in [0.15, 0.2) is 11.6 Å². The third-order valence-electron chi connectivity index (χ3n) is 3.49. The number of carbonyl (C=O) groups excluding carboxylic acids is 1. The molecule has 22 heavy (non-hydrogen) atoms. The molecule has 0 fully saturated rings. The largest absolute Gasteiger partial charge is 0.351 e. The van der Waals surface area contributed by atoms with Gasteiger partial charge in [-0.3, -0.25) is 4.79 Å². The van der Waals surface area contributed by atoms with Gasteiger partial charge < -0.3 is 5.32 Å². The SMILES string of the molecule is CC(C)(CNC(=O)c1cccc(F)c1F)c1cccc(Cl)c1. The molecule has 0 aliphatic carbocycles. The zero-order valence-electron chi connectivity index (χ0n) is 12.3. The highest BCUT2D eigenvalue weighted by molar-refractivity contribution is 6.30. The van der Waals surface area contributed by atoms with Crippen LogP contribution in [0.25, 0.3) is 0 Å². The van der Waals surface area contributed by atoms with E-state index in [4.69, 9.17) is 11.6 Å². The molecule has 2 aromatic carbocycles. The summed E-state index contributed by atoms with van der Waals surface area (Å²) in [5.74, 6) is -2.82. The van der Waals surface area contributed by atoms with Crippen LogP contribution in [-0.4, -0.2) is 12.5 Å². The van der Waals surface area contributed by atoms with E-state index in [1.54, 1.807) is 6.07 Å². The maximum atomic E-state index is 13.6. The molecule has 5 heteroatoms. The van der Waals surface area contributed by atoms with E-state index in [2.05, 4.69) is 5.32 Å². The zero-order valence-corrected chi connectivity index (χ0v) is 13.0. The molecule has 0 heterocycles. The van der Waals surface area contributed by atoms with Crippen molar-refractivity contribution in [3.8, 4) is 0 Å². The Morgan fingerprint density at radius 3 is 2.55 bits per heavy atom. The van der Waals surface area contributed by atoms with Crippen LogP contribution in [0, 0.1) is 11.6 Å². The molecule has 116 valence electrons. The Labute approximate surface area is 133 Å². The summed E-state index contributed by atoms with van der Waals surface area (Å²) in [6, 6.07) is 10.8. The second kappa shape index (κ2) is 6.44. The van der Waals surface area contributed by atoms with Crippen LogP contribution in [0.3, 0.4) is 0 Å². The van der Waals surface area contributed by atoms with Crippen molar-refractivity contribution in [2.75, 3.05) is 6.54 Å². The number of hydrogen-bond donors (Lipinski definition) is 1. The van der Waals surface area contributed by atoms with Crippen LogP contribution in [0.5, 0.6) is 0 Å². The summed E-state index contributed by atoms with van der Waals surface area (Å²) < 4.78 is 26.7. The first-order valence-electron chi connectivity index (χ1n) is 6.79. The van der Waals surface area contributed by atoms with Crippen LogP contribution in [0.4, 0.5) is 8.78 Å². The number of amides is 1. The molecule has 1 N–H and O–H groups in total. The minimum atomic E-state index is -1.14. The molecule has 2 rings (SSSR count). The minimum Gasteiger partial charge on any atom is -0.351 e. The van der Waals surface area contributed by atoms with E-state index < -0.39 is 23.0 Å². The number of rotatable bonds is 4. The molecular weight excluding hydrogens is 308 g/mol. The van der Waals surface area contributed by atoms with Crippen LogP contribution in [-0.2, 0) is 5.41 Å². The smallest absolute Gasteiger partial charge is 0.254 e. The van der Waals surface area contributed by atoms with Crippen molar-refractivity contribution in [3.63, 3.8) is 0 Å². The van der Waals surface area contributed by atoms with E-state index in [-0.39, 0.29) is 12.1 Å². The number of carbonyl (C=O) groups is 1. The third-order valence-corrected chi connectivity index (χ3v) is 3.73. The summed E-state index contributed by atoms with van der Waals surface area (Å²) in [6.07, 6.45) is 0. The molecule has 0 aliphatic heterocycles. The second-order valence-electron chi connectivity index (χ2n) is 5.68. The number of nitrogens with one attached hydrogen (secondary N) is 1. The van der Waals surface area contributed by atoms with Gasteiger partial charge in [-0.15, -0.1) is 0 Å². The van der Waals surface area contributed by atoms with E-state index in [0.717, 1.165) is 11.6 Å². The van der Waals surface area contributed by atoms with Crippen molar-refractivity contribution < 1.29 is 13.6 Å². The van der Waals surface area contributed by atoms with Crippen LogP contribution in [0.1, 0.15) is 29.8 Å². The average Bonchev–Trinajstić information content (AvgIpc) is 2.48. The second-order valence-corrected chi connectivity index (χ2v) is 6.11. The molecule has 0 bridgehead atoms. The maximum absolute atomic E-state index is 13.6. The molecule has 1 amide bonds. The summed E-state index contributed by atoms with van der Waals surface area (Å²) >= 11 is 5.97. The molecule has 0 spiro atoms. The van der Waals surface area contributed by atoms with Crippen molar-refractivity contribution in [3.05, 3.63) is 70.2 Å². The van der Waals surface area contributed by atoms with Gasteiger partial charge in [0.05, 0.1) is 5.56 Å². The number of hydrogen-bond acceptors (Lipinski definition) is 1. The lowest BCUT2D eigenvalue weighted by atomic mass is 9.84. The van der Waals surface area contributed by atoms with Crippen LogP contribution >= 0.6 is 11.6 Å². The number of benzene rings is 2. The zero-order chi connectivity index (χ0) is 16.3. The van der Waals surface area contributed by atoms with E-state index in [1.807, 2.05) is 32.0 Å². The standard InChI is InChI=1S/C17H16ClF2NO/c1-17(2,11-5-3-6-12(18)9-11)10-21-16(22)13-7-4-8-14(19)15(13)20/h3-9H,10H2,1-2H3,(H,21,22). The van der Waals surface area contributed by atoms with Gasteiger partial charge in [0.2, 0.25) is 0 Å². The highest BCUT2D eigenvalue weighted by Crippen LogP contribution is 2.25. The fourth-order valence-electron chi connectivity index (χ4n) is 2.09. The molecule has 2 aromatic rings. The summed E-state index contributed by atoms with van der Waals surface area (Å²) in [6.45, 7) is 4.13. The summed E-state index contributed by atoms with van der Waals surface area (Å²) in [5.41, 5.74) is 0.242. The van der Waals surface area contributed by atoms with Crippen molar-refractivity contribution in [2.45, 2.75) is 19.3 Å². The lowest BCUT2D eigenvalue weighted by molar-refractivity contribution is 0.0940. The lowest BCUT2D eigenvalue weighted by Crippen LogP contribution is -2.37. The topological polar surface area (TPSA) is 29.1 Å². The van der Waals surface area contributed by atoms with Crippen molar-refractivity contribution in [1.29, 1.82) is 0 Å². The lowest BCUT2D eigenvalue weighted by Gasteiger charge is -2.26. The fourth-order valence-corrected chi connectivity index (χ4v) is 2.28. The molecule has 0 aromatic heterocycles. The molecule has 0 atom stereocenters. The Morgan fingerprint density at radius 1 is 1.18 bits per heavy atom. The van der Waals surface area contributed by atoms with Crippen LogP contribution < -0.4 is 5.32 Å². The Bertz CT molecular complexity index is 701. The predicted octanol–water partition coefficient (Wildman–Crippen LogP) is 4.33. The summed E-state index contributed by atoms with van der Waals surface area (Å²) in [5, 5.41) is 3.24. The highest BCUT2D eigenvalue weighted by Gasteiger charge is 2.23. The molecule has 2 nitrogen and oxygen atoms in total. The Balaban J connectivity index is 2.11. The normalized spacial score (nSPS) is 11.3. The van der Waals surface area contributed by atoms with Crippen molar-refractivity contribution >= 4 is 17.5 Å². The fraction of sp³-hybridized carbons (Fsp3) is 0.235. The maximum Gasteiger partial charge on any atom is 0.254 e. The van der Waals surface area contributed by atoms with E-state index in [0.29, 0.717) is 5.02 Å². The highest BCUT2D eigenvalue weighted by atomic mass is 35.5. The minimum absolute atomic E-state index is 0.266. The van der Waals surface area contributed by atoms with Crippen LogP contribution in [0.2, 0.25) is 5.02 Å². The van der Waals surface area contributed by atoms with Gasteiger partial charge in [0.1, 0.15) is 0 Å². The van der Waals surface area contributed by atoms with Gasteiger partial charge in [0.25, 0.3) is 5.91 Å². The van der Waals surface area contributed by atoms with Gasteiger partial charge in [-0.25, -0.2) is 8.78 Å². The quantitative estimate of drug-likeness (QED) is 0.891. The van der Waals surface area contributed by atoms with Gasteiger partial charge in [0, 0.05) is 17.0 Å². The summed E-state index contributed by atoms with van der Waals surface area (Å²) in [7, 11) is 0. The van der Waals surface area contributed by atoms with Crippen molar-refractivity contribution in [1.82, 2.24) is 5.32 Å². The van der Waals surface area contributed by atoms with Gasteiger partial charge in [-0.1, -0.05) is 43.6 Å². The molecule has 0 aliphatic rings. The molecule has 0 saturated carbocycles. The van der Waals surface area contributed by atoms with Gasteiger partial charge >= 0.3 is 0 Å². The third kappa shape index (κ3) is 3.63. The molecule has 0 saturated heterocycles. The van der Waals surface area contributed by atoms with Crippen LogP contribution in [0.15, 0.2) is 42.5 Å². The summed E-state index contributed by atoms with van der Waals surface area (Å²) in [4.78, 5) is 12.0. The average molecular weight is 324 g/mol.